The van der Waals surface area contributed by atoms with Gasteiger partial charge in [0.1, 0.15) is 11.5 Å². The Bertz CT molecular complexity index is 3390. The Kier molecular flexibility index (Phi) is 49.4. The molecule has 0 bridgehead atoms. The van der Waals surface area contributed by atoms with Gasteiger partial charge in [-0.2, -0.15) is 0 Å². The second kappa shape index (κ2) is 56.8. The predicted molar refractivity (Wildman–Crippen MR) is 610 cm³/mol. The van der Waals surface area contributed by atoms with Crippen LogP contribution < -0.4 is 0 Å². The number of thioether (sulfide) groups is 32. The second-order valence-electron chi connectivity index (χ2n) is 29.0. The zero-order chi connectivity index (χ0) is 80.9. The number of allylic oxidation sites excluding steroid dienone is 4. The summed E-state index contributed by atoms with van der Waals surface area (Å²) >= 11 is 68.7. The Morgan fingerprint density at radius 3 is 0.590 bits per heavy atom. The molecule has 12 aliphatic rings. The molecule has 0 N–H and O–H groups in total. The maximum absolute atomic E-state index is 7.71. The molecule has 1 aromatic rings. The lowest BCUT2D eigenvalue weighted by Gasteiger charge is -2.11. The van der Waals surface area contributed by atoms with Crippen molar-refractivity contribution in [3.8, 4) is 0 Å². The van der Waals surface area contributed by atoms with Crippen molar-refractivity contribution in [1.82, 2.24) is 0 Å². The van der Waals surface area contributed by atoms with E-state index < -0.39 is 0 Å². The maximum atomic E-state index is 7.71. The molecule has 13 rings (SSSR count). The Hall–Kier alpha value is 7.36. The fraction of sp³-hybridized carbons (Fsp3) is 0.667. The van der Waals surface area contributed by atoms with Crippen molar-refractivity contribution in [1.29, 1.82) is 0 Å². The molecule has 650 valence electrons. The number of furan rings is 1. The highest BCUT2D eigenvalue weighted by molar-refractivity contribution is 8.50. The first-order chi connectivity index (χ1) is 57.6. The quantitative estimate of drug-likeness (QED) is 0.0574. The SMILES string of the molecule is CCCCCCSC1=C(SCCCCCC)SC(=C2SC3SC(=CC(=C4SC5SC(=C6SC(SCCCCCC)=C(SCCCCCC)S6)SC5S4)c4ccc(C(C=C5SC6SC(=C7SC(SCCCCCC)=C(SCCCCCC)S7)SC6S5)=C5SC6SC(=C7SC(SCCCCCC)=C(SCCCCCC)S7)SC6S5)o4)SC3S2)S1. The number of unbranched alkanes of at least 4 members (excludes halogenated alkanes) is 24. The molecule has 33 heteroatoms. The van der Waals surface area contributed by atoms with E-state index in [0.717, 1.165) is 11.5 Å². The lowest BCUT2D eigenvalue weighted by molar-refractivity contribution is 0.541. The Balaban J connectivity index is 0.776. The first-order valence-corrected chi connectivity index (χ1v) is 71.2. The maximum Gasteiger partial charge on any atom is 0.136 e. The summed E-state index contributed by atoms with van der Waals surface area (Å²) in [5.41, 5.74) is 2.60. The van der Waals surface area contributed by atoms with E-state index in [1.54, 1.807) is 67.8 Å². The van der Waals surface area contributed by atoms with Gasteiger partial charge in [-0.05, 0) is 122 Å². The van der Waals surface area contributed by atoms with Crippen LogP contribution in [0.15, 0.2) is 113 Å². The second-order valence-corrected chi connectivity index (χ2v) is 72.1. The number of hydrogen-bond donors (Lipinski definition) is 0. The van der Waals surface area contributed by atoms with E-state index in [1.165, 1.54) is 280 Å². The van der Waals surface area contributed by atoms with E-state index in [1.807, 2.05) is 0 Å². The smallest absolute Gasteiger partial charge is 0.136 e. The minimum atomic E-state index is 0.448. The van der Waals surface area contributed by atoms with Crippen LogP contribution in [0.1, 0.15) is 272 Å². The van der Waals surface area contributed by atoms with Gasteiger partial charge in [-0.1, -0.05) is 304 Å². The summed E-state index contributed by atoms with van der Waals surface area (Å²) in [6.45, 7) is 18.7. The molecular formula is C84H116OS32. The van der Waals surface area contributed by atoms with E-state index in [4.69, 9.17) is 4.42 Å². The highest BCUT2D eigenvalue weighted by Gasteiger charge is 2.49. The Labute approximate surface area is 843 Å². The molecule has 0 saturated carbocycles. The van der Waals surface area contributed by atoms with Crippen molar-refractivity contribution >= 4 is 388 Å². The van der Waals surface area contributed by atoms with Crippen molar-refractivity contribution < 1.29 is 4.42 Å². The lowest BCUT2D eigenvalue weighted by Crippen LogP contribution is -1.97. The summed E-state index contributed by atoms with van der Waals surface area (Å²) in [6.07, 6.45) is 47.8. The van der Waals surface area contributed by atoms with Gasteiger partial charge in [0.25, 0.3) is 0 Å². The van der Waals surface area contributed by atoms with Crippen LogP contribution in [0.2, 0.25) is 0 Å². The van der Waals surface area contributed by atoms with Gasteiger partial charge in [0.15, 0.2) is 0 Å². The standard InChI is InChI=1S/C84H116OS32/c1-9-17-25-33-43-86-61-62(87-44-34-26-18-10-2)103-77(102-61)81-110-69-70(111-81)95-57(94-69)51-53(59-98-73-74(99-59)115-83(114-73)79-106-65(90-47-37-29-21-13-5)66(107-79)91-48-38-30-22-14-6)55-41-42-56(85-55)54(60-100-75-76(101-60)117-84(116-75)80-108-67(92-49-39-31-23-15-7)68(109-80)93-50-40-32-24-16-8)52-58-96-71-72(97-58)113-82(112-71)78-104-63(88-45-35-27-19-11-3)64(105-78)89-46-36-28-20-12-4/h41-42,51-52,69-76H,9-40,43-50H2,1-8H3. The minimum Gasteiger partial charge on any atom is -0.456 e. The van der Waals surface area contributed by atoms with Crippen LogP contribution in [0.5, 0.6) is 0 Å². The number of fused-ring (bicyclic) bond motifs is 4. The van der Waals surface area contributed by atoms with Crippen LogP contribution in [0.3, 0.4) is 0 Å². The molecule has 0 amide bonds. The number of rotatable bonds is 52. The third-order valence-corrected chi connectivity index (χ3v) is 70.7. The molecule has 1 aromatic heterocycles. The van der Waals surface area contributed by atoms with Crippen LogP contribution in [0.25, 0.3) is 11.1 Å². The number of hydrogen-bond acceptors (Lipinski definition) is 33. The molecular weight excluding hydrogens is 2050 g/mol. The van der Waals surface area contributed by atoms with Gasteiger partial charge in [-0.25, -0.2) is 0 Å². The van der Waals surface area contributed by atoms with Gasteiger partial charge in [-0.3, -0.25) is 0 Å². The normalized spacial score (nSPS) is 24.5. The van der Waals surface area contributed by atoms with Crippen molar-refractivity contribution in [2.24, 2.45) is 0 Å². The largest absolute Gasteiger partial charge is 0.456 e. The summed E-state index contributed by atoms with van der Waals surface area (Å²) in [4.78, 5) is 0. The van der Waals surface area contributed by atoms with Crippen molar-refractivity contribution in [2.45, 2.75) is 298 Å². The Morgan fingerprint density at radius 1 is 0.231 bits per heavy atom. The van der Waals surface area contributed by atoms with Crippen molar-refractivity contribution in [3.05, 3.63) is 121 Å². The van der Waals surface area contributed by atoms with Gasteiger partial charge < -0.3 is 4.42 Å². The molecule has 8 saturated heterocycles. The van der Waals surface area contributed by atoms with Crippen LogP contribution >= 0.6 is 376 Å². The monoisotopic (exact) mass is 2160 g/mol. The zero-order valence-corrected chi connectivity index (χ0v) is 94.8. The van der Waals surface area contributed by atoms with Crippen molar-refractivity contribution in [2.75, 3.05) is 46.0 Å². The molecule has 117 heavy (non-hydrogen) atoms. The molecule has 8 unspecified atom stereocenters. The topological polar surface area (TPSA) is 13.1 Å². The first kappa shape index (κ1) is 102. The van der Waals surface area contributed by atoms with Gasteiger partial charge in [0.05, 0.1) is 113 Å². The molecule has 12 aliphatic heterocycles. The van der Waals surface area contributed by atoms with E-state index in [2.05, 4.69) is 456 Å². The van der Waals surface area contributed by atoms with E-state index in [0.29, 0.717) is 36.7 Å². The van der Waals surface area contributed by atoms with Gasteiger partial charge in [0, 0.05) is 19.6 Å². The fourth-order valence-corrected chi connectivity index (χ4v) is 68.8. The predicted octanol–water partition coefficient (Wildman–Crippen LogP) is 42.2. The summed E-state index contributed by atoms with van der Waals surface area (Å²) in [6, 6.07) is 4.78. The van der Waals surface area contributed by atoms with Crippen LogP contribution in [0, 0.1) is 0 Å². The molecule has 1 nitrogen and oxygen atoms in total. The van der Waals surface area contributed by atoms with Crippen LogP contribution in [-0.2, 0) is 0 Å². The van der Waals surface area contributed by atoms with E-state index >= 15 is 0 Å². The fourth-order valence-electron chi connectivity index (χ4n) is 12.8. The highest BCUT2D eigenvalue weighted by Crippen LogP contribution is 2.76. The molecule has 0 radical (unpaired) electrons. The first-order valence-electron chi connectivity index (χ1n) is 42.7. The molecule has 13 heterocycles. The van der Waals surface area contributed by atoms with Crippen molar-refractivity contribution in [3.63, 3.8) is 0 Å². The minimum absolute atomic E-state index is 0.448. The van der Waals surface area contributed by atoms with Gasteiger partial charge in [-0.15, -0.1) is 282 Å². The average molecular weight is 2170 g/mol. The summed E-state index contributed by atoms with van der Waals surface area (Å²) in [7, 11) is 0. The molecule has 0 aliphatic carbocycles. The average Bonchev–Trinajstić information content (AvgIpc) is 1.62. The highest BCUT2D eigenvalue weighted by atomic mass is 32.3. The summed E-state index contributed by atoms with van der Waals surface area (Å²) < 4.78 is 42.4. The van der Waals surface area contributed by atoms with E-state index in [-0.39, 0.29) is 0 Å². The zero-order valence-electron chi connectivity index (χ0n) is 68.7. The lowest BCUT2D eigenvalue weighted by atomic mass is 10.2. The van der Waals surface area contributed by atoms with Gasteiger partial charge in [0.2, 0.25) is 0 Å². The third kappa shape index (κ3) is 31.4. The van der Waals surface area contributed by atoms with E-state index in [9.17, 15) is 0 Å². The molecule has 0 aromatic carbocycles. The third-order valence-electron chi connectivity index (χ3n) is 19.3. The molecule has 0 spiro atoms. The summed E-state index contributed by atoms with van der Waals surface area (Å²) in [5, 5.41) is 0. The van der Waals surface area contributed by atoms with Crippen LogP contribution in [-0.4, -0.2) is 82.7 Å². The summed E-state index contributed by atoms with van der Waals surface area (Å²) in [5.74, 6) is 12.0. The Morgan fingerprint density at radius 2 is 0.410 bits per heavy atom. The van der Waals surface area contributed by atoms with Crippen LogP contribution in [0.4, 0.5) is 0 Å². The van der Waals surface area contributed by atoms with Gasteiger partial charge >= 0.3 is 0 Å². The molecule has 8 atom stereocenters. The molecule has 8 fully saturated rings.